The van der Waals surface area contributed by atoms with Gasteiger partial charge in [-0.1, -0.05) is 12.1 Å². The molecule has 1 aromatic rings. The zero-order valence-electron chi connectivity index (χ0n) is 16.8. The molecule has 8 heteroatoms. The molecule has 2 aliphatic heterocycles. The van der Waals surface area contributed by atoms with Crippen molar-refractivity contribution in [3.05, 3.63) is 51.7 Å². The van der Waals surface area contributed by atoms with Gasteiger partial charge in [0.1, 0.15) is 5.75 Å². The average Bonchev–Trinajstić information content (AvgIpc) is 3.01. The summed E-state index contributed by atoms with van der Waals surface area (Å²) in [6.45, 7) is 3.66. The molecule has 2 aliphatic rings. The lowest BCUT2D eigenvalue weighted by Crippen LogP contribution is -2.36. The number of esters is 1. The van der Waals surface area contributed by atoms with Crippen molar-refractivity contribution in [2.24, 2.45) is 4.99 Å². The molecular weight excluding hydrogens is 378 g/mol. The molecule has 28 heavy (non-hydrogen) atoms. The second-order valence-corrected chi connectivity index (χ2v) is 7.62. The van der Waals surface area contributed by atoms with Crippen LogP contribution in [0.3, 0.4) is 0 Å². The molecule has 0 spiro atoms. The Hall–Kier alpha value is -2.74. The van der Waals surface area contributed by atoms with Gasteiger partial charge in [0.2, 0.25) is 0 Å². The normalized spacial score (nSPS) is 18.7. The number of amidine groups is 1. The van der Waals surface area contributed by atoms with Crippen LogP contribution in [0.25, 0.3) is 0 Å². The summed E-state index contributed by atoms with van der Waals surface area (Å²) in [5.74, 6) is 0.192. The molecule has 148 valence electrons. The molecule has 0 bridgehead atoms. The number of hydrogen-bond acceptors (Lipinski definition) is 7. The summed E-state index contributed by atoms with van der Waals surface area (Å²) < 4.78 is 10.3. The van der Waals surface area contributed by atoms with E-state index in [1.54, 1.807) is 28.1 Å². The first-order valence-electron chi connectivity index (χ1n) is 8.71. The number of thioether (sulfide) groups is 1. The second-order valence-electron chi connectivity index (χ2n) is 6.65. The van der Waals surface area contributed by atoms with Gasteiger partial charge in [-0.2, -0.15) is 0 Å². The number of methoxy groups -OCH3 is 2. The smallest absolute Gasteiger partial charge is 0.338 e. The lowest BCUT2D eigenvalue weighted by atomic mass is 9.94. The first kappa shape index (κ1) is 20.0. The Labute approximate surface area is 168 Å². The van der Waals surface area contributed by atoms with Gasteiger partial charge in [0, 0.05) is 19.8 Å². The fourth-order valence-electron chi connectivity index (χ4n) is 3.25. The van der Waals surface area contributed by atoms with Crippen molar-refractivity contribution >= 4 is 28.8 Å². The Bertz CT molecular complexity index is 916. The summed E-state index contributed by atoms with van der Waals surface area (Å²) in [6.07, 6.45) is 0. The van der Waals surface area contributed by atoms with Gasteiger partial charge in [0.25, 0.3) is 5.91 Å². The van der Waals surface area contributed by atoms with E-state index in [0.29, 0.717) is 21.3 Å². The third kappa shape index (κ3) is 3.28. The molecular formula is C20H23N3O4S. The van der Waals surface area contributed by atoms with Crippen LogP contribution in [0.15, 0.2) is 51.1 Å². The number of benzene rings is 1. The monoisotopic (exact) mass is 401 g/mol. The minimum absolute atomic E-state index is 0.0923. The van der Waals surface area contributed by atoms with Crippen molar-refractivity contribution in [3.63, 3.8) is 0 Å². The molecule has 0 saturated carbocycles. The van der Waals surface area contributed by atoms with Gasteiger partial charge in [0.15, 0.2) is 5.17 Å². The van der Waals surface area contributed by atoms with Crippen molar-refractivity contribution in [2.75, 3.05) is 28.3 Å². The van der Waals surface area contributed by atoms with E-state index in [0.717, 1.165) is 17.0 Å². The van der Waals surface area contributed by atoms with Gasteiger partial charge in [0.05, 0.1) is 36.4 Å². The van der Waals surface area contributed by atoms with Gasteiger partial charge < -0.3 is 19.3 Å². The molecule has 0 fully saturated rings. The standard InChI is InChI=1S/C20H23N3O4S/c1-11-15(19(25)27-6)16(13-7-9-14(26-5)10-8-13)23-12(2)17(18(24)22(3)4)28-20(23)21-11/h7-10,16H,1-6H3/t16-/m1/s1. The number of carbonyl (C=O) groups is 2. The Morgan fingerprint density at radius 3 is 2.32 bits per heavy atom. The summed E-state index contributed by atoms with van der Waals surface area (Å²) in [7, 11) is 6.39. The maximum Gasteiger partial charge on any atom is 0.338 e. The summed E-state index contributed by atoms with van der Waals surface area (Å²) in [4.78, 5) is 33.9. The first-order valence-corrected chi connectivity index (χ1v) is 9.53. The van der Waals surface area contributed by atoms with Crippen LogP contribution >= 0.6 is 11.8 Å². The summed E-state index contributed by atoms with van der Waals surface area (Å²) in [6, 6.07) is 7.07. The zero-order valence-corrected chi connectivity index (χ0v) is 17.6. The molecule has 7 nitrogen and oxygen atoms in total. The van der Waals surface area contributed by atoms with Crippen LogP contribution in [-0.4, -0.2) is 55.2 Å². The number of ether oxygens (including phenoxy) is 2. The number of amides is 1. The molecule has 3 rings (SSSR count). The summed E-state index contributed by atoms with van der Waals surface area (Å²) >= 11 is 1.32. The van der Waals surface area contributed by atoms with Crippen molar-refractivity contribution in [3.8, 4) is 5.75 Å². The topological polar surface area (TPSA) is 71.4 Å². The number of allylic oxidation sites excluding steroid dienone is 2. The fourth-order valence-corrected chi connectivity index (χ4v) is 4.47. The van der Waals surface area contributed by atoms with E-state index in [4.69, 9.17) is 9.47 Å². The molecule has 0 saturated heterocycles. The Morgan fingerprint density at radius 2 is 1.79 bits per heavy atom. The van der Waals surface area contributed by atoms with Gasteiger partial charge in [-0.15, -0.1) is 0 Å². The molecule has 1 aromatic carbocycles. The largest absolute Gasteiger partial charge is 0.497 e. The first-order chi connectivity index (χ1) is 13.3. The highest BCUT2D eigenvalue weighted by atomic mass is 32.2. The van der Waals surface area contributed by atoms with Gasteiger partial charge in [-0.3, -0.25) is 4.79 Å². The van der Waals surface area contributed by atoms with Crippen LogP contribution in [0.4, 0.5) is 0 Å². The minimum atomic E-state index is -0.439. The molecule has 2 heterocycles. The van der Waals surface area contributed by atoms with Crippen LogP contribution in [0, 0.1) is 0 Å². The molecule has 0 aliphatic carbocycles. The molecule has 0 aromatic heterocycles. The number of nitrogens with zero attached hydrogens (tertiary/aromatic N) is 3. The highest BCUT2D eigenvalue weighted by Gasteiger charge is 2.43. The van der Waals surface area contributed by atoms with E-state index in [1.807, 2.05) is 36.1 Å². The molecule has 1 amide bonds. The maximum absolute atomic E-state index is 12.6. The second kappa shape index (κ2) is 7.71. The quantitative estimate of drug-likeness (QED) is 0.723. The molecule has 0 N–H and O–H groups in total. The summed E-state index contributed by atoms with van der Waals surface area (Å²) in [5.41, 5.74) is 2.68. The van der Waals surface area contributed by atoms with E-state index in [1.165, 1.54) is 23.8 Å². The van der Waals surface area contributed by atoms with Gasteiger partial charge in [-0.05, 0) is 43.3 Å². The average molecular weight is 401 g/mol. The zero-order chi connectivity index (χ0) is 20.6. The molecule has 0 radical (unpaired) electrons. The van der Waals surface area contributed by atoms with Crippen LogP contribution < -0.4 is 4.74 Å². The fraction of sp³-hybridized carbons (Fsp3) is 0.350. The Kier molecular flexibility index (Phi) is 5.51. The number of likely N-dealkylation sites (N-methyl/N-ethyl adjacent to an activating group) is 1. The van der Waals surface area contributed by atoms with Crippen LogP contribution in [0.5, 0.6) is 5.75 Å². The van der Waals surface area contributed by atoms with Crippen molar-refractivity contribution < 1.29 is 19.1 Å². The van der Waals surface area contributed by atoms with E-state index in [9.17, 15) is 9.59 Å². The number of fused-ring (bicyclic) bond motifs is 1. The predicted octanol–water partition coefficient (Wildman–Crippen LogP) is 2.92. The molecule has 0 unspecified atom stereocenters. The third-order valence-electron chi connectivity index (χ3n) is 4.71. The van der Waals surface area contributed by atoms with Crippen molar-refractivity contribution in [2.45, 2.75) is 19.9 Å². The number of hydrogen-bond donors (Lipinski definition) is 0. The summed E-state index contributed by atoms with van der Waals surface area (Å²) in [5, 5.41) is 0.675. The van der Waals surface area contributed by atoms with E-state index < -0.39 is 12.0 Å². The highest BCUT2D eigenvalue weighted by Crippen LogP contribution is 2.47. The van der Waals surface area contributed by atoms with E-state index >= 15 is 0 Å². The van der Waals surface area contributed by atoms with Crippen LogP contribution in [0.2, 0.25) is 0 Å². The maximum atomic E-state index is 12.6. The third-order valence-corrected chi connectivity index (χ3v) is 5.86. The number of aliphatic imine (C=N–C) groups is 1. The lowest BCUT2D eigenvalue weighted by Gasteiger charge is -2.35. The molecule has 1 atom stereocenters. The van der Waals surface area contributed by atoms with Crippen molar-refractivity contribution in [1.29, 1.82) is 0 Å². The van der Waals surface area contributed by atoms with Crippen molar-refractivity contribution in [1.82, 2.24) is 9.80 Å². The Morgan fingerprint density at radius 1 is 1.14 bits per heavy atom. The van der Waals surface area contributed by atoms with E-state index in [2.05, 4.69) is 4.99 Å². The number of rotatable bonds is 4. The predicted molar refractivity (Wildman–Crippen MR) is 109 cm³/mol. The van der Waals surface area contributed by atoms with Crippen LogP contribution in [-0.2, 0) is 14.3 Å². The van der Waals surface area contributed by atoms with Crippen LogP contribution in [0.1, 0.15) is 25.5 Å². The lowest BCUT2D eigenvalue weighted by molar-refractivity contribution is -0.136. The van der Waals surface area contributed by atoms with Gasteiger partial charge in [-0.25, -0.2) is 9.79 Å². The minimum Gasteiger partial charge on any atom is -0.497 e. The SMILES string of the molecule is COC(=O)C1=C(C)N=C2SC(C(=O)N(C)C)=C(C)N2[C@@H]1c1ccc(OC)cc1. The van der Waals surface area contributed by atoms with E-state index in [-0.39, 0.29) is 5.91 Å². The highest BCUT2D eigenvalue weighted by molar-refractivity contribution is 8.18. The van der Waals surface area contributed by atoms with Gasteiger partial charge >= 0.3 is 5.97 Å². The number of carbonyl (C=O) groups excluding carboxylic acids is 2. The Balaban J connectivity index is 2.16.